The first kappa shape index (κ1) is 14.9. The Morgan fingerprint density at radius 1 is 1.33 bits per heavy atom. The SMILES string of the molecule is CCC(CCO)NCc1ccccc1OC(F)F. The Balaban J connectivity index is 2.60. The molecule has 1 unspecified atom stereocenters. The first-order valence-electron chi connectivity index (χ1n) is 6.04. The van der Waals surface area contributed by atoms with Gasteiger partial charge in [-0.15, -0.1) is 0 Å². The van der Waals surface area contributed by atoms with Crippen LogP contribution >= 0.6 is 0 Å². The van der Waals surface area contributed by atoms with Crippen LogP contribution in [0.1, 0.15) is 25.3 Å². The molecule has 0 saturated carbocycles. The van der Waals surface area contributed by atoms with Crippen molar-refractivity contribution >= 4 is 0 Å². The highest BCUT2D eigenvalue weighted by atomic mass is 19.3. The van der Waals surface area contributed by atoms with Gasteiger partial charge in [0.15, 0.2) is 0 Å². The Kier molecular flexibility index (Phi) is 6.60. The van der Waals surface area contributed by atoms with E-state index in [4.69, 9.17) is 5.11 Å². The van der Waals surface area contributed by atoms with E-state index in [1.165, 1.54) is 6.07 Å². The van der Waals surface area contributed by atoms with Gasteiger partial charge < -0.3 is 15.2 Å². The van der Waals surface area contributed by atoms with E-state index in [0.29, 0.717) is 18.5 Å². The molecule has 5 heteroatoms. The quantitative estimate of drug-likeness (QED) is 0.754. The lowest BCUT2D eigenvalue weighted by Crippen LogP contribution is -2.29. The fourth-order valence-corrected chi connectivity index (χ4v) is 1.72. The number of nitrogens with one attached hydrogen (secondary N) is 1. The van der Waals surface area contributed by atoms with Crippen molar-refractivity contribution in [3.8, 4) is 5.75 Å². The number of rotatable bonds is 8. The third-order valence-corrected chi connectivity index (χ3v) is 2.74. The van der Waals surface area contributed by atoms with Gasteiger partial charge in [-0.05, 0) is 18.9 Å². The maximum absolute atomic E-state index is 12.2. The first-order valence-corrected chi connectivity index (χ1v) is 6.04. The molecule has 0 spiro atoms. The molecule has 0 aliphatic rings. The molecular weight excluding hydrogens is 240 g/mol. The second kappa shape index (κ2) is 8.00. The molecule has 18 heavy (non-hydrogen) atoms. The molecular formula is C13H19F2NO2. The van der Waals surface area contributed by atoms with Crippen molar-refractivity contribution in [3.63, 3.8) is 0 Å². The normalized spacial score (nSPS) is 12.7. The van der Waals surface area contributed by atoms with Crippen LogP contribution < -0.4 is 10.1 Å². The van der Waals surface area contributed by atoms with Gasteiger partial charge in [0.05, 0.1) is 0 Å². The molecule has 1 atom stereocenters. The van der Waals surface area contributed by atoms with Crippen LogP contribution in [0.5, 0.6) is 5.75 Å². The molecule has 0 fully saturated rings. The van der Waals surface area contributed by atoms with Gasteiger partial charge in [-0.1, -0.05) is 25.1 Å². The number of alkyl halides is 2. The number of ether oxygens (including phenoxy) is 1. The largest absolute Gasteiger partial charge is 0.434 e. The van der Waals surface area contributed by atoms with Gasteiger partial charge in [-0.25, -0.2) is 0 Å². The summed E-state index contributed by atoms with van der Waals surface area (Å²) in [7, 11) is 0. The third-order valence-electron chi connectivity index (χ3n) is 2.74. The number of hydrogen-bond donors (Lipinski definition) is 2. The predicted octanol–water partition coefficient (Wildman–Crippen LogP) is 2.54. The van der Waals surface area contributed by atoms with Crippen LogP contribution in [-0.2, 0) is 6.54 Å². The smallest absolute Gasteiger partial charge is 0.387 e. The second-order valence-electron chi connectivity index (χ2n) is 3.98. The lowest BCUT2D eigenvalue weighted by Gasteiger charge is -2.17. The van der Waals surface area contributed by atoms with Gasteiger partial charge in [-0.2, -0.15) is 8.78 Å². The van der Waals surface area contributed by atoms with Crippen molar-refractivity contribution < 1.29 is 18.6 Å². The molecule has 0 heterocycles. The number of hydrogen-bond acceptors (Lipinski definition) is 3. The molecule has 1 aromatic carbocycles. The maximum atomic E-state index is 12.2. The van der Waals surface area contributed by atoms with Crippen molar-refractivity contribution in [3.05, 3.63) is 29.8 Å². The molecule has 0 radical (unpaired) electrons. The number of aliphatic hydroxyl groups is 1. The second-order valence-corrected chi connectivity index (χ2v) is 3.98. The zero-order valence-corrected chi connectivity index (χ0v) is 10.4. The van der Waals surface area contributed by atoms with E-state index in [9.17, 15) is 8.78 Å². The predicted molar refractivity (Wildman–Crippen MR) is 65.7 cm³/mol. The minimum absolute atomic E-state index is 0.112. The molecule has 102 valence electrons. The van der Waals surface area contributed by atoms with Crippen molar-refractivity contribution in [1.82, 2.24) is 5.32 Å². The highest BCUT2D eigenvalue weighted by Gasteiger charge is 2.10. The Morgan fingerprint density at radius 2 is 2.06 bits per heavy atom. The molecule has 1 aromatic rings. The molecule has 0 amide bonds. The minimum Gasteiger partial charge on any atom is -0.434 e. The highest BCUT2D eigenvalue weighted by molar-refractivity contribution is 5.33. The zero-order chi connectivity index (χ0) is 13.4. The maximum Gasteiger partial charge on any atom is 0.387 e. The van der Waals surface area contributed by atoms with Crippen LogP contribution in [0.25, 0.3) is 0 Å². The summed E-state index contributed by atoms with van der Waals surface area (Å²) in [6.07, 6.45) is 1.52. The van der Waals surface area contributed by atoms with E-state index < -0.39 is 6.61 Å². The Labute approximate surface area is 106 Å². The topological polar surface area (TPSA) is 41.5 Å². The lowest BCUT2D eigenvalue weighted by molar-refractivity contribution is -0.0505. The van der Waals surface area contributed by atoms with Gasteiger partial charge >= 0.3 is 6.61 Å². The molecule has 0 aromatic heterocycles. The van der Waals surface area contributed by atoms with Gasteiger partial charge in [0, 0.05) is 24.8 Å². The van der Waals surface area contributed by atoms with E-state index in [2.05, 4.69) is 10.1 Å². The fourth-order valence-electron chi connectivity index (χ4n) is 1.72. The van der Waals surface area contributed by atoms with Crippen LogP contribution in [0.4, 0.5) is 8.78 Å². The van der Waals surface area contributed by atoms with E-state index in [1.54, 1.807) is 18.2 Å². The van der Waals surface area contributed by atoms with Crippen LogP contribution in [0, 0.1) is 0 Å². The van der Waals surface area contributed by atoms with Crippen LogP contribution in [0.2, 0.25) is 0 Å². The number of para-hydroxylation sites is 1. The molecule has 3 nitrogen and oxygen atoms in total. The van der Waals surface area contributed by atoms with E-state index in [1.807, 2.05) is 6.92 Å². The molecule has 1 rings (SSSR count). The Hall–Kier alpha value is -1.20. The van der Waals surface area contributed by atoms with E-state index >= 15 is 0 Å². The van der Waals surface area contributed by atoms with Gasteiger partial charge in [0.25, 0.3) is 0 Å². The molecule has 0 bridgehead atoms. The summed E-state index contributed by atoms with van der Waals surface area (Å²) >= 11 is 0. The average molecular weight is 259 g/mol. The summed E-state index contributed by atoms with van der Waals surface area (Å²) in [5.41, 5.74) is 0.689. The van der Waals surface area contributed by atoms with Crippen molar-refractivity contribution in [2.45, 2.75) is 39.0 Å². The Bertz CT molecular complexity index is 348. The van der Waals surface area contributed by atoms with Gasteiger partial charge in [-0.3, -0.25) is 0 Å². The standard InChI is InChI=1S/C13H19F2NO2/c1-2-11(7-8-17)16-9-10-5-3-4-6-12(10)18-13(14)15/h3-6,11,13,16-17H,2,7-9H2,1H3. The summed E-state index contributed by atoms with van der Waals surface area (Å²) in [4.78, 5) is 0. The lowest BCUT2D eigenvalue weighted by atomic mass is 10.1. The summed E-state index contributed by atoms with van der Waals surface area (Å²) in [6, 6.07) is 6.89. The molecule has 2 N–H and O–H groups in total. The van der Waals surface area contributed by atoms with Crippen LogP contribution in [0.15, 0.2) is 24.3 Å². The van der Waals surface area contributed by atoms with Crippen molar-refractivity contribution in [2.24, 2.45) is 0 Å². The first-order chi connectivity index (χ1) is 8.67. The van der Waals surface area contributed by atoms with Gasteiger partial charge in [0.2, 0.25) is 0 Å². The number of benzene rings is 1. The van der Waals surface area contributed by atoms with Crippen molar-refractivity contribution in [2.75, 3.05) is 6.61 Å². The fraction of sp³-hybridized carbons (Fsp3) is 0.538. The minimum atomic E-state index is -2.81. The zero-order valence-electron chi connectivity index (χ0n) is 10.4. The van der Waals surface area contributed by atoms with Crippen molar-refractivity contribution in [1.29, 1.82) is 0 Å². The Morgan fingerprint density at radius 3 is 2.67 bits per heavy atom. The summed E-state index contributed by atoms with van der Waals surface area (Å²) in [5.74, 6) is 0.193. The highest BCUT2D eigenvalue weighted by Crippen LogP contribution is 2.20. The van der Waals surface area contributed by atoms with Crippen LogP contribution in [-0.4, -0.2) is 24.4 Å². The monoisotopic (exact) mass is 259 g/mol. The average Bonchev–Trinajstić information content (AvgIpc) is 2.35. The third kappa shape index (κ3) is 4.98. The summed E-state index contributed by atoms with van der Waals surface area (Å²) in [5, 5.41) is 12.1. The molecule has 0 aliphatic carbocycles. The van der Waals surface area contributed by atoms with E-state index in [0.717, 1.165) is 6.42 Å². The molecule has 0 saturated heterocycles. The van der Waals surface area contributed by atoms with Gasteiger partial charge in [0.1, 0.15) is 5.75 Å². The summed E-state index contributed by atoms with van der Waals surface area (Å²) in [6.45, 7) is -0.248. The number of aliphatic hydroxyl groups excluding tert-OH is 1. The van der Waals surface area contributed by atoms with Crippen LogP contribution in [0.3, 0.4) is 0 Å². The van der Waals surface area contributed by atoms with E-state index in [-0.39, 0.29) is 18.4 Å². The number of halogens is 2. The summed E-state index contributed by atoms with van der Waals surface area (Å²) < 4.78 is 28.9. The molecule has 0 aliphatic heterocycles.